The summed E-state index contributed by atoms with van der Waals surface area (Å²) in [6, 6.07) is 6.51. The Kier molecular flexibility index (Phi) is 8.15. The second-order valence-corrected chi connectivity index (χ2v) is 10.5. The van der Waals surface area contributed by atoms with Crippen molar-refractivity contribution in [1.29, 1.82) is 0 Å². The number of nitrogens with one attached hydrogen (secondary N) is 2. The zero-order chi connectivity index (χ0) is 24.9. The van der Waals surface area contributed by atoms with Crippen molar-refractivity contribution in [3.63, 3.8) is 0 Å². The lowest BCUT2D eigenvalue weighted by Crippen LogP contribution is -2.44. The molecule has 2 N–H and O–H groups in total. The molecule has 0 radical (unpaired) electrons. The smallest absolute Gasteiger partial charge is 0.321 e. The molecule has 0 bridgehead atoms. The Balaban J connectivity index is 1.54. The molecule has 4 amide bonds. The van der Waals surface area contributed by atoms with E-state index in [9.17, 15) is 14.4 Å². The van der Waals surface area contributed by atoms with Gasteiger partial charge in [-0.3, -0.25) is 14.9 Å². The molecule has 2 heterocycles. The van der Waals surface area contributed by atoms with E-state index in [2.05, 4.69) is 15.6 Å². The van der Waals surface area contributed by atoms with Gasteiger partial charge in [-0.25, -0.2) is 14.7 Å². The molecule has 2 aliphatic rings. The van der Waals surface area contributed by atoms with Gasteiger partial charge in [-0.15, -0.1) is 11.3 Å². The van der Waals surface area contributed by atoms with Gasteiger partial charge in [-0.1, -0.05) is 36.2 Å². The molecule has 184 valence electrons. The predicted molar refractivity (Wildman–Crippen MR) is 141 cm³/mol. The molecule has 0 spiro atoms. The number of amides is 4. The van der Waals surface area contributed by atoms with Gasteiger partial charge in [0.05, 0.1) is 18.6 Å². The average Bonchev–Trinajstić information content (AvgIpc) is 3.54. The summed E-state index contributed by atoms with van der Waals surface area (Å²) in [7, 11) is 1.50. The number of ether oxygens (including phenoxy) is 1. The molecule has 2 aromatic rings. The van der Waals surface area contributed by atoms with Crippen LogP contribution in [0, 0.1) is 6.92 Å². The van der Waals surface area contributed by atoms with Gasteiger partial charge in [0, 0.05) is 15.9 Å². The molecule has 11 heteroatoms. The van der Waals surface area contributed by atoms with E-state index in [1.165, 1.54) is 23.3 Å². The summed E-state index contributed by atoms with van der Waals surface area (Å²) in [5.41, 5.74) is 1.69. The third-order valence-electron chi connectivity index (χ3n) is 5.66. The minimum atomic E-state index is -0.506. The number of aliphatic imine (C=N–C) groups is 1. The normalized spacial score (nSPS) is 17.1. The van der Waals surface area contributed by atoms with Crippen LogP contribution in [0.25, 0.3) is 6.08 Å². The standard InChI is InChI=1S/C24H25ClN4O4S2/c1-14-9-10-34-20(14)12-17-22(31)29(18-11-15(25)7-8-19(18)33-2)24(27-17)35-13-21(30)28-23(32)26-16-5-3-4-6-16/h7-12,16H,3-6,13H2,1-2H3,(H2,26,28,30,32)/b17-12-. The van der Waals surface area contributed by atoms with Gasteiger partial charge in [0.1, 0.15) is 11.4 Å². The zero-order valence-electron chi connectivity index (χ0n) is 19.3. The Morgan fingerprint density at radius 1 is 1.31 bits per heavy atom. The number of carbonyl (C=O) groups is 3. The maximum atomic E-state index is 13.4. The van der Waals surface area contributed by atoms with Gasteiger partial charge < -0.3 is 10.1 Å². The van der Waals surface area contributed by atoms with Crippen LogP contribution in [0.2, 0.25) is 5.02 Å². The number of amidine groups is 1. The molecule has 1 aromatic carbocycles. The molecule has 1 fully saturated rings. The number of thioether (sulfide) groups is 1. The fraction of sp³-hybridized carbons (Fsp3) is 0.333. The third kappa shape index (κ3) is 6.06. The van der Waals surface area contributed by atoms with E-state index in [0.29, 0.717) is 21.6 Å². The molecule has 1 saturated carbocycles. The number of imide groups is 1. The third-order valence-corrected chi connectivity index (χ3v) is 7.80. The van der Waals surface area contributed by atoms with Crippen molar-refractivity contribution in [3.05, 3.63) is 50.8 Å². The SMILES string of the molecule is COc1ccc(Cl)cc1N1C(=O)/C(=C/c2sccc2C)N=C1SCC(=O)NC(=O)NC1CCCC1. The largest absolute Gasteiger partial charge is 0.495 e. The Hall–Kier alpha value is -2.82. The van der Waals surface area contributed by atoms with Crippen LogP contribution in [0.15, 0.2) is 40.3 Å². The van der Waals surface area contributed by atoms with Gasteiger partial charge >= 0.3 is 6.03 Å². The summed E-state index contributed by atoms with van der Waals surface area (Å²) < 4.78 is 5.44. The van der Waals surface area contributed by atoms with Crippen LogP contribution in [0.4, 0.5) is 10.5 Å². The van der Waals surface area contributed by atoms with Gasteiger partial charge in [0.25, 0.3) is 5.91 Å². The first kappa shape index (κ1) is 25.3. The van der Waals surface area contributed by atoms with Crippen molar-refractivity contribution in [2.75, 3.05) is 17.8 Å². The molecule has 35 heavy (non-hydrogen) atoms. The van der Waals surface area contributed by atoms with Gasteiger partial charge in [0.15, 0.2) is 5.17 Å². The Bertz CT molecular complexity index is 1200. The van der Waals surface area contributed by atoms with Crippen LogP contribution in [0.1, 0.15) is 36.1 Å². The van der Waals surface area contributed by atoms with E-state index in [-0.39, 0.29) is 23.4 Å². The quantitative estimate of drug-likeness (QED) is 0.512. The fourth-order valence-electron chi connectivity index (χ4n) is 3.88. The lowest BCUT2D eigenvalue weighted by Gasteiger charge is -2.20. The van der Waals surface area contributed by atoms with Crippen molar-refractivity contribution < 1.29 is 19.1 Å². The summed E-state index contributed by atoms with van der Waals surface area (Å²) in [6.07, 6.45) is 5.72. The van der Waals surface area contributed by atoms with Crippen LogP contribution in [-0.2, 0) is 9.59 Å². The lowest BCUT2D eigenvalue weighted by molar-refractivity contribution is -0.117. The molecular formula is C24H25ClN4O4S2. The lowest BCUT2D eigenvalue weighted by atomic mass is 10.2. The van der Waals surface area contributed by atoms with E-state index in [0.717, 1.165) is 47.9 Å². The predicted octanol–water partition coefficient (Wildman–Crippen LogP) is 4.96. The number of thiophene rings is 1. The van der Waals surface area contributed by atoms with Crippen LogP contribution >= 0.6 is 34.7 Å². The molecule has 8 nitrogen and oxygen atoms in total. The van der Waals surface area contributed by atoms with Crippen molar-refractivity contribution in [2.24, 2.45) is 4.99 Å². The number of hydrogen-bond donors (Lipinski definition) is 2. The second kappa shape index (κ2) is 11.3. The van der Waals surface area contributed by atoms with Gasteiger partial charge in [-0.05, 0) is 61.1 Å². The first-order valence-corrected chi connectivity index (χ1v) is 13.4. The maximum absolute atomic E-state index is 13.4. The van der Waals surface area contributed by atoms with Crippen LogP contribution in [0.5, 0.6) is 5.75 Å². The summed E-state index contributed by atoms with van der Waals surface area (Å²) in [5, 5.41) is 7.84. The first-order valence-electron chi connectivity index (χ1n) is 11.1. The number of rotatable bonds is 6. The molecule has 0 atom stereocenters. The number of methoxy groups -OCH3 is 1. The Morgan fingerprint density at radius 3 is 2.77 bits per heavy atom. The van der Waals surface area contributed by atoms with Gasteiger partial charge in [-0.2, -0.15) is 0 Å². The first-order chi connectivity index (χ1) is 16.9. The zero-order valence-corrected chi connectivity index (χ0v) is 21.7. The number of carbonyl (C=O) groups excluding carboxylic acids is 3. The molecule has 1 aromatic heterocycles. The molecule has 1 aliphatic carbocycles. The van der Waals surface area contributed by atoms with E-state index in [4.69, 9.17) is 16.3 Å². The molecule has 1 aliphatic heterocycles. The maximum Gasteiger partial charge on any atom is 0.321 e. The number of hydrogen-bond acceptors (Lipinski definition) is 7. The summed E-state index contributed by atoms with van der Waals surface area (Å²) in [4.78, 5) is 44.8. The van der Waals surface area contributed by atoms with E-state index < -0.39 is 11.9 Å². The van der Waals surface area contributed by atoms with E-state index >= 15 is 0 Å². The highest BCUT2D eigenvalue weighted by Gasteiger charge is 2.34. The minimum absolute atomic E-state index is 0.102. The van der Waals surface area contributed by atoms with Crippen molar-refractivity contribution >= 4 is 69.5 Å². The molecular weight excluding hydrogens is 508 g/mol. The van der Waals surface area contributed by atoms with Crippen molar-refractivity contribution in [1.82, 2.24) is 10.6 Å². The average molecular weight is 533 g/mol. The number of benzene rings is 1. The topological polar surface area (TPSA) is 100 Å². The van der Waals surface area contributed by atoms with Crippen molar-refractivity contribution in [2.45, 2.75) is 38.6 Å². The van der Waals surface area contributed by atoms with Crippen molar-refractivity contribution in [3.8, 4) is 5.75 Å². The molecule has 0 unspecified atom stereocenters. The van der Waals surface area contributed by atoms with Crippen LogP contribution in [0.3, 0.4) is 0 Å². The monoisotopic (exact) mass is 532 g/mol. The summed E-state index contributed by atoms with van der Waals surface area (Å²) in [5.74, 6) is -0.509. The van der Waals surface area contributed by atoms with Crippen LogP contribution in [-0.4, -0.2) is 41.9 Å². The highest BCUT2D eigenvalue weighted by molar-refractivity contribution is 8.14. The summed E-state index contributed by atoms with van der Waals surface area (Å²) in [6.45, 7) is 1.96. The second-order valence-electron chi connectivity index (χ2n) is 8.14. The fourth-order valence-corrected chi connectivity index (χ4v) is 5.71. The number of aryl methyl sites for hydroxylation is 1. The minimum Gasteiger partial charge on any atom is -0.495 e. The number of anilines is 1. The van der Waals surface area contributed by atoms with E-state index in [1.807, 2.05) is 18.4 Å². The van der Waals surface area contributed by atoms with E-state index in [1.54, 1.807) is 24.3 Å². The number of halogens is 1. The Morgan fingerprint density at radius 2 is 2.09 bits per heavy atom. The Labute approximate surface area is 216 Å². The molecule has 0 saturated heterocycles. The highest BCUT2D eigenvalue weighted by atomic mass is 35.5. The highest BCUT2D eigenvalue weighted by Crippen LogP contribution is 2.37. The van der Waals surface area contributed by atoms with Gasteiger partial charge in [0.2, 0.25) is 5.91 Å². The number of urea groups is 1. The summed E-state index contributed by atoms with van der Waals surface area (Å²) >= 11 is 8.78. The van der Waals surface area contributed by atoms with Crippen LogP contribution < -0.4 is 20.3 Å². The molecule has 4 rings (SSSR count). The number of nitrogens with zero attached hydrogens (tertiary/aromatic N) is 2.